The van der Waals surface area contributed by atoms with Crippen molar-refractivity contribution in [3.05, 3.63) is 58.3 Å². The van der Waals surface area contributed by atoms with Gasteiger partial charge in [-0.2, -0.15) is 0 Å². The predicted octanol–water partition coefficient (Wildman–Crippen LogP) is 2.07. The van der Waals surface area contributed by atoms with E-state index in [-0.39, 0.29) is 17.1 Å². The molecule has 102 valence electrons. The third-order valence-corrected chi connectivity index (χ3v) is 3.01. The van der Waals surface area contributed by atoms with Gasteiger partial charge in [-0.3, -0.25) is 9.36 Å². The fourth-order valence-corrected chi connectivity index (χ4v) is 1.99. The summed E-state index contributed by atoms with van der Waals surface area (Å²) in [6.07, 6.45) is 1.45. The lowest BCUT2D eigenvalue weighted by Crippen LogP contribution is -2.26. The molecule has 1 aromatic carbocycles. The molecule has 2 rings (SSSR count). The highest BCUT2D eigenvalue weighted by molar-refractivity contribution is 6.11. The van der Waals surface area contributed by atoms with Gasteiger partial charge in [-0.15, -0.1) is 0 Å². The van der Waals surface area contributed by atoms with Gasteiger partial charge in [-0.05, 0) is 18.3 Å². The third-order valence-electron chi connectivity index (χ3n) is 3.01. The minimum absolute atomic E-state index is 0.189. The third kappa shape index (κ3) is 3.10. The molecular weight excluding hydrogens is 251 g/mol. The molecule has 2 aromatic rings. The number of benzene rings is 1. The van der Waals surface area contributed by atoms with Crippen molar-refractivity contribution in [3.63, 3.8) is 0 Å². The first-order chi connectivity index (χ1) is 9.63. The van der Waals surface area contributed by atoms with Gasteiger partial charge in [0, 0.05) is 6.54 Å². The molecule has 0 saturated carbocycles. The van der Waals surface area contributed by atoms with Gasteiger partial charge >= 0.3 is 0 Å². The summed E-state index contributed by atoms with van der Waals surface area (Å²) in [5.74, 6) is 0.537. The summed E-state index contributed by atoms with van der Waals surface area (Å²) in [6, 6.07) is 9.69. The molecule has 0 bridgehead atoms. The summed E-state index contributed by atoms with van der Waals surface area (Å²) in [6.45, 7) is 4.55. The lowest BCUT2D eigenvalue weighted by molar-refractivity contribution is 0.296. The van der Waals surface area contributed by atoms with E-state index in [1.54, 1.807) is 11.5 Å². The Kier molecular flexibility index (Phi) is 4.61. The zero-order valence-electron chi connectivity index (χ0n) is 11.7. The predicted molar refractivity (Wildman–Crippen MR) is 79.1 cm³/mol. The van der Waals surface area contributed by atoms with Crippen molar-refractivity contribution in [3.8, 4) is 5.75 Å². The van der Waals surface area contributed by atoms with Gasteiger partial charge in [-0.25, -0.2) is 4.98 Å². The van der Waals surface area contributed by atoms with Gasteiger partial charge in [0.15, 0.2) is 0 Å². The van der Waals surface area contributed by atoms with Crippen LogP contribution < -0.4 is 10.3 Å². The fourth-order valence-electron chi connectivity index (χ4n) is 1.99. The molecule has 1 atom stereocenters. The van der Waals surface area contributed by atoms with E-state index >= 15 is 0 Å². The van der Waals surface area contributed by atoms with Crippen LogP contribution in [0.5, 0.6) is 5.75 Å². The van der Waals surface area contributed by atoms with Crippen LogP contribution in [0.1, 0.15) is 31.1 Å². The molecule has 4 nitrogen and oxygen atoms in total. The van der Waals surface area contributed by atoms with Crippen molar-refractivity contribution in [1.82, 2.24) is 9.55 Å². The van der Waals surface area contributed by atoms with Crippen molar-refractivity contribution in [2.75, 3.05) is 0 Å². The second kappa shape index (κ2) is 6.41. The second-order valence-electron chi connectivity index (χ2n) is 4.59. The van der Waals surface area contributed by atoms with E-state index in [9.17, 15) is 4.79 Å². The van der Waals surface area contributed by atoms with Crippen LogP contribution in [0.4, 0.5) is 0 Å². The Hall–Kier alpha value is -2.04. The summed E-state index contributed by atoms with van der Waals surface area (Å²) < 4.78 is 7.11. The van der Waals surface area contributed by atoms with Gasteiger partial charge in [-0.1, -0.05) is 37.3 Å². The molecule has 0 aliphatic carbocycles. The van der Waals surface area contributed by atoms with Crippen molar-refractivity contribution in [1.29, 1.82) is 0 Å². The largest absolute Gasteiger partial charge is 0.482 e. The smallest absolute Gasteiger partial charge is 0.295 e. The quantitative estimate of drug-likeness (QED) is 0.780. The molecule has 0 fully saturated rings. The highest BCUT2D eigenvalue weighted by atomic mass is 16.5. The van der Waals surface area contributed by atoms with E-state index < -0.39 is 0 Å². The zero-order valence-corrected chi connectivity index (χ0v) is 11.7. The van der Waals surface area contributed by atoms with Gasteiger partial charge in [0.25, 0.3) is 5.56 Å². The summed E-state index contributed by atoms with van der Waals surface area (Å²) in [5, 5.41) is 0. The summed E-state index contributed by atoms with van der Waals surface area (Å²) >= 11 is 0. The summed E-state index contributed by atoms with van der Waals surface area (Å²) in [7, 11) is 5.81. The first kappa shape index (κ1) is 14.4. The standard InChI is InChI=1S/C15H17BN2O2/c1-3-18-14(11(2)16)17-9-13(15(18)19)20-10-12-7-5-4-6-8-12/h4-9,11H,3,10H2,1-2H3. The van der Waals surface area contributed by atoms with Crippen LogP contribution in [-0.2, 0) is 13.2 Å². The monoisotopic (exact) mass is 268 g/mol. The molecule has 0 amide bonds. The molecule has 1 unspecified atom stereocenters. The highest BCUT2D eigenvalue weighted by Gasteiger charge is 2.12. The van der Waals surface area contributed by atoms with Gasteiger partial charge in [0.05, 0.1) is 14.0 Å². The Morgan fingerprint density at radius 3 is 2.65 bits per heavy atom. The maximum absolute atomic E-state index is 12.3. The Labute approximate surface area is 119 Å². The Bertz CT molecular complexity index is 624. The van der Waals surface area contributed by atoms with E-state index in [1.165, 1.54) is 6.20 Å². The molecule has 1 aromatic heterocycles. The van der Waals surface area contributed by atoms with E-state index in [0.29, 0.717) is 19.0 Å². The van der Waals surface area contributed by atoms with Crippen molar-refractivity contribution < 1.29 is 4.74 Å². The van der Waals surface area contributed by atoms with Crippen LogP contribution in [0.3, 0.4) is 0 Å². The molecule has 0 saturated heterocycles. The first-order valence-electron chi connectivity index (χ1n) is 6.65. The van der Waals surface area contributed by atoms with Crippen LogP contribution in [0, 0.1) is 0 Å². The number of rotatable bonds is 5. The number of hydrogen-bond donors (Lipinski definition) is 0. The van der Waals surface area contributed by atoms with Crippen LogP contribution in [0.15, 0.2) is 41.3 Å². The summed E-state index contributed by atoms with van der Waals surface area (Å²) in [5.41, 5.74) is 0.817. The molecule has 20 heavy (non-hydrogen) atoms. The Morgan fingerprint density at radius 2 is 2.05 bits per heavy atom. The fraction of sp³-hybridized carbons (Fsp3) is 0.333. The van der Waals surface area contributed by atoms with Crippen LogP contribution in [0.2, 0.25) is 0 Å². The normalized spacial score (nSPS) is 12.1. The van der Waals surface area contributed by atoms with Crippen molar-refractivity contribution in [2.24, 2.45) is 0 Å². The maximum Gasteiger partial charge on any atom is 0.295 e. The molecule has 0 aliphatic rings. The lowest BCUT2D eigenvalue weighted by Gasteiger charge is -2.14. The van der Waals surface area contributed by atoms with Gasteiger partial charge in [0.2, 0.25) is 5.75 Å². The minimum atomic E-state index is -0.286. The Balaban J connectivity index is 2.23. The number of aromatic nitrogens is 2. The van der Waals surface area contributed by atoms with Crippen LogP contribution >= 0.6 is 0 Å². The number of hydrogen-bond acceptors (Lipinski definition) is 3. The van der Waals surface area contributed by atoms with Crippen LogP contribution in [0.25, 0.3) is 0 Å². The number of nitrogens with zero attached hydrogens (tertiary/aromatic N) is 2. The average molecular weight is 268 g/mol. The zero-order chi connectivity index (χ0) is 14.5. The van der Waals surface area contributed by atoms with E-state index in [4.69, 9.17) is 12.6 Å². The molecule has 0 aliphatic heterocycles. The average Bonchev–Trinajstić information content (AvgIpc) is 2.46. The maximum atomic E-state index is 12.3. The molecule has 0 spiro atoms. The molecule has 2 radical (unpaired) electrons. The first-order valence-corrected chi connectivity index (χ1v) is 6.65. The molecule has 0 N–H and O–H groups in total. The van der Waals surface area contributed by atoms with Crippen molar-refractivity contribution >= 4 is 7.85 Å². The minimum Gasteiger partial charge on any atom is -0.482 e. The highest BCUT2D eigenvalue weighted by Crippen LogP contribution is 2.11. The summed E-state index contributed by atoms with van der Waals surface area (Å²) in [4.78, 5) is 16.5. The number of ether oxygens (including phenoxy) is 1. The van der Waals surface area contributed by atoms with Gasteiger partial charge in [0.1, 0.15) is 12.4 Å². The lowest BCUT2D eigenvalue weighted by atomic mass is 9.88. The Morgan fingerprint density at radius 1 is 1.35 bits per heavy atom. The van der Waals surface area contributed by atoms with Crippen LogP contribution in [-0.4, -0.2) is 17.4 Å². The van der Waals surface area contributed by atoms with Crippen molar-refractivity contribution in [2.45, 2.75) is 32.8 Å². The topological polar surface area (TPSA) is 44.1 Å². The van der Waals surface area contributed by atoms with Gasteiger partial charge < -0.3 is 4.74 Å². The van der Waals surface area contributed by atoms with E-state index in [2.05, 4.69) is 4.98 Å². The SMILES string of the molecule is [B]C(C)c1ncc(OCc2ccccc2)c(=O)n1CC. The second-order valence-corrected chi connectivity index (χ2v) is 4.59. The van der Waals surface area contributed by atoms with E-state index in [1.807, 2.05) is 37.3 Å². The van der Waals surface area contributed by atoms with E-state index in [0.717, 1.165) is 5.56 Å². The molecule has 5 heteroatoms. The molecular formula is C15H17BN2O2. The molecule has 1 heterocycles.